The van der Waals surface area contributed by atoms with Crippen LogP contribution in [0.3, 0.4) is 0 Å². The Hall–Kier alpha value is -1.62. The summed E-state index contributed by atoms with van der Waals surface area (Å²) in [6, 6.07) is 3.87. The predicted molar refractivity (Wildman–Crippen MR) is 81.4 cm³/mol. The van der Waals surface area contributed by atoms with E-state index in [4.69, 9.17) is 5.11 Å². The summed E-state index contributed by atoms with van der Waals surface area (Å²) in [6.07, 6.45) is 2.07. The third-order valence-electron chi connectivity index (χ3n) is 3.38. The summed E-state index contributed by atoms with van der Waals surface area (Å²) in [5.74, 6) is -0.478. The fraction of sp³-hybridized carbons (Fsp3) is 0.600. The number of hydrogen-bond acceptors (Lipinski definition) is 4. The number of pyridine rings is 1. The van der Waals surface area contributed by atoms with Gasteiger partial charge in [-0.3, -0.25) is 0 Å². The van der Waals surface area contributed by atoms with Gasteiger partial charge in [-0.1, -0.05) is 0 Å². The van der Waals surface area contributed by atoms with E-state index in [1.165, 1.54) is 0 Å². The molecule has 0 saturated heterocycles. The summed E-state index contributed by atoms with van der Waals surface area (Å²) in [5.41, 5.74) is 1.05. The highest BCUT2D eigenvalue weighted by Gasteiger charge is 2.11. The smallest absolute Gasteiger partial charge is 0.339 e. The van der Waals surface area contributed by atoms with Crippen molar-refractivity contribution in [1.82, 2.24) is 9.88 Å². The topological polar surface area (TPSA) is 65.5 Å². The molecule has 112 valence electrons. The van der Waals surface area contributed by atoms with E-state index in [9.17, 15) is 4.79 Å². The molecule has 5 nitrogen and oxygen atoms in total. The van der Waals surface area contributed by atoms with Gasteiger partial charge < -0.3 is 15.3 Å². The number of carbonyl (C=O) groups is 1. The van der Waals surface area contributed by atoms with E-state index in [0.29, 0.717) is 11.9 Å². The SMILES string of the molecule is Cc1ccc(C(=O)O)c(NCCCCN(C)C(C)C)n1. The second-order valence-corrected chi connectivity index (χ2v) is 5.36. The fourth-order valence-electron chi connectivity index (χ4n) is 1.82. The Kier molecular flexibility index (Phi) is 6.45. The van der Waals surface area contributed by atoms with Crippen molar-refractivity contribution in [2.45, 2.75) is 39.7 Å². The van der Waals surface area contributed by atoms with Crippen LogP contribution in [-0.4, -0.2) is 47.1 Å². The van der Waals surface area contributed by atoms with Gasteiger partial charge in [0.25, 0.3) is 0 Å². The van der Waals surface area contributed by atoms with Gasteiger partial charge in [0.2, 0.25) is 0 Å². The van der Waals surface area contributed by atoms with E-state index >= 15 is 0 Å². The third kappa shape index (κ3) is 5.17. The molecule has 0 saturated carbocycles. The number of rotatable bonds is 8. The second kappa shape index (κ2) is 7.85. The van der Waals surface area contributed by atoms with Crippen molar-refractivity contribution in [2.24, 2.45) is 0 Å². The Morgan fingerprint density at radius 1 is 1.40 bits per heavy atom. The molecule has 1 rings (SSSR count). The summed E-state index contributed by atoms with van der Waals surface area (Å²) in [5, 5.41) is 12.2. The molecule has 1 aromatic rings. The number of aryl methyl sites for hydroxylation is 1. The average molecular weight is 279 g/mol. The van der Waals surface area contributed by atoms with E-state index in [1.807, 2.05) is 6.92 Å². The second-order valence-electron chi connectivity index (χ2n) is 5.36. The quantitative estimate of drug-likeness (QED) is 0.716. The van der Waals surface area contributed by atoms with E-state index in [-0.39, 0.29) is 5.56 Å². The first-order chi connectivity index (χ1) is 9.41. The Bertz CT molecular complexity index is 447. The number of nitrogens with zero attached hydrogens (tertiary/aromatic N) is 2. The summed E-state index contributed by atoms with van der Waals surface area (Å²) >= 11 is 0. The molecular formula is C15H25N3O2. The molecule has 0 unspecified atom stereocenters. The standard InChI is InChI=1S/C15H25N3O2/c1-11(2)18(4)10-6-5-9-16-14-13(15(19)20)8-7-12(3)17-14/h7-8,11H,5-6,9-10H2,1-4H3,(H,16,17)(H,19,20). The Morgan fingerprint density at radius 3 is 2.70 bits per heavy atom. The lowest BCUT2D eigenvalue weighted by molar-refractivity contribution is 0.0697. The lowest BCUT2D eigenvalue weighted by Gasteiger charge is -2.20. The van der Waals surface area contributed by atoms with Crippen LogP contribution in [0.15, 0.2) is 12.1 Å². The number of carboxylic acid groups (broad SMARTS) is 1. The molecule has 5 heteroatoms. The summed E-state index contributed by atoms with van der Waals surface area (Å²) < 4.78 is 0. The van der Waals surface area contributed by atoms with Crippen molar-refractivity contribution in [3.05, 3.63) is 23.4 Å². The van der Waals surface area contributed by atoms with Gasteiger partial charge in [0.1, 0.15) is 11.4 Å². The van der Waals surface area contributed by atoms with Crippen molar-refractivity contribution in [3.8, 4) is 0 Å². The molecule has 0 aromatic carbocycles. The first-order valence-electron chi connectivity index (χ1n) is 7.07. The van der Waals surface area contributed by atoms with Crippen molar-refractivity contribution in [3.63, 3.8) is 0 Å². The van der Waals surface area contributed by atoms with Crippen LogP contribution in [0, 0.1) is 6.92 Å². The largest absolute Gasteiger partial charge is 0.478 e. The van der Waals surface area contributed by atoms with Gasteiger partial charge in [0.05, 0.1) is 0 Å². The maximum atomic E-state index is 11.1. The molecule has 0 aliphatic rings. The molecule has 1 heterocycles. The van der Waals surface area contributed by atoms with Crippen LogP contribution in [0.25, 0.3) is 0 Å². The first kappa shape index (κ1) is 16.4. The molecule has 1 aromatic heterocycles. The van der Waals surface area contributed by atoms with E-state index in [2.05, 4.69) is 36.1 Å². The molecule has 2 N–H and O–H groups in total. The molecule has 0 fully saturated rings. The predicted octanol–water partition coefficient (Wildman–Crippen LogP) is 2.62. The zero-order valence-electron chi connectivity index (χ0n) is 12.8. The molecule has 0 bridgehead atoms. The van der Waals surface area contributed by atoms with Crippen LogP contribution in [0.5, 0.6) is 0 Å². The van der Waals surface area contributed by atoms with E-state index in [1.54, 1.807) is 12.1 Å². The van der Waals surface area contributed by atoms with Crippen LogP contribution in [0.4, 0.5) is 5.82 Å². The number of unbranched alkanes of at least 4 members (excludes halogenated alkanes) is 1. The monoisotopic (exact) mass is 279 g/mol. The minimum absolute atomic E-state index is 0.231. The van der Waals surface area contributed by atoms with Crippen LogP contribution in [0.2, 0.25) is 0 Å². The van der Waals surface area contributed by atoms with Crippen molar-refractivity contribution in [1.29, 1.82) is 0 Å². The fourth-order valence-corrected chi connectivity index (χ4v) is 1.82. The van der Waals surface area contributed by atoms with Gasteiger partial charge in [0, 0.05) is 18.3 Å². The minimum Gasteiger partial charge on any atom is -0.478 e. The van der Waals surface area contributed by atoms with Crippen LogP contribution in [0.1, 0.15) is 42.7 Å². The van der Waals surface area contributed by atoms with Gasteiger partial charge in [-0.15, -0.1) is 0 Å². The number of aromatic carboxylic acids is 1. The summed E-state index contributed by atoms with van der Waals surface area (Å²) in [6.45, 7) is 7.99. The first-order valence-corrected chi connectivity index (χ1v) is 7.07. The number of aromatic nitrogens is 1. The van der Waals surface area contributed by atoms with Crippen LogP contribution in [-0.2, 0) is 0 Å². The van der Waals surface area contributed by atoms with Crippen molar-refractivity contribution >= 4 is 11.8 Å². The normalized spacial score (nSPS) is 11.1. The summed E-state index contributed by atoms with van der Waals surface area (Å²) in [4.78, 5) is 17.7. The van der Waals surface area contributed by atoms with Gasteiger partial charge in [-0.05, 0) is 59.3 Å². The lowest BCUT2D eigenvalue weighted by Crippen LogP contribution is -2.27. The molecular weight excluding hydrogens is 254 g/mol. The molecule has 0 aliphatic heterocycles. The Morgan fingerprint density at radius 2 is 2.10 bits per heavy atom. The number of nitrogens with one attached hydrogen (secondary N) is 1. The lowest BCUT2D eigenvalue weighted by atomic mass is 10.2. The zero-order chi connectivity index (χ0) is 15.1. The third-order valence-corrected chi connectivity index (χ3v) is 3.38. The zero-order valence-corrected chi connectivity index (χ0v) is 12.8. The van der Waals surface area contributed by atoms with Gasteiger partial charge >= 0.3 is 5.97 Å². The molecule has 0 spiro atoms. The van der Waals surface area contributed by atoms with Gasteiger partial charge in [-0.25, -0.2) is 9.78 Å². The molecule has 0 amide bonds. The van der Waals surface area contributed by atoms with E-state index < -0.39 is 5.97 Å². The molecule has 20 heavy (non-hydrogen) atoms. The van der Waals surface area contributed by atoms with E-state index in [0.717, 1.165) is 31.6 Å². The average Bonchev–Trinajstić information content (AvgIpc) is 2.37. The van der Waals surface area contributed by atoms with Crippen LogP contribution < -0.4 is 5.32 Å². The van der Waals surface area contributed by atoms with Gasteiger partial charge in [0.15, 0.2) is 0 Å². The molecule has 0 atom stereocenters. The number of carboxylic acids is 1. The Labute approximate surface area is 121 Å². The maximum absolute atomic E-state index is 11.1. The van der Waals surface area contributed by atoms with Gasteiger partial charge in [-0.2, -0.15) is 0 Å². The highest BCUT2D eigenvalue weighted by Crippen LogP contribution is 2.13. The molecule has 0 radical (unpaired) electrons. The van der Waals surface area contributed by atoms with Crippen molar-refractivity contribution < 1.29 is 9.90 Å². The minimum atomic E-state index is -0.945. The Balaban J connectivity index is 2.42. The number of anilines is 1. The highest BCUT2D eigenvalue weighted by molar-refractivity contribution is 5.93. The number of hydrogen-bond donors (Lipinski definition) is 2. The summed E-state index contributed by atoms with van der Waals surface area (Å²) in [7, 11) is 2.11. The van der Waals surface area contributed by atoms with Crippen molar-refractivity contribution in [2.75, 3.05) is 25.5 Å². The molecule has 0 aliphatic carbocycles. The highest BCUT2D eigenvalue weighted by atomic mass is 16.4. The van der Waals surface area contributed by atoms with Crippen LogP contribution >= 0.6 is 0 Å². The maximum Gasteiger partial charge on any atom is 0.339 e.